The van der Waals surface area contributed by atoms with Crippen LogP contribution in [0.5, 0.6) is 0 Å². The van der Waals surface area contributed by atoms with Crippen LogP contribution in [0.1, 0.15) is 42.2 Å². The molecule has 1 fully saturated rings. The van der Waals surface area contributed by atoms with Crippen LogP contribution in [0.25, 0.3) is 0 Å². The first kappa shape index (κ1) is 13.8. The molecule has 0 aromatic carbocycles. The number of pyridine rings is 1. The number of aryl methyl sites for hydroxylation is 1. The minimum Gasteiger partial charge on any atom is -0.395 e. The van der Waals surface area contributed by atoms with Crippen LogP contribution in [0.2, 0.25) is 0 Å². The number of aliphatic hydroxyl groups excluding tert-OH is 1. The van der Waals surface area contributed by atoms with Crippen molar-refractivity contribution in [2.24, 2.45) is 0 Å². The van der Waals surface area contributed by atoms with Gasteiger partial charge in [-0.25, -0.2) is 4.98 Å². The zero-order chi connectivity index (χ0) is 13.8. The van der Waals surface area contributed by atoms with Crippen molar-refractivity contribution in [1.29, 1.82) is 0 Å². The molecule has 5 nitrogen and oxygen atoms in total. The van der Waals surface area contributed by atoms with Gasteiger partial charge in [-0.2, -0.15) is 0 Å². The molecular formula is C14H21N3O2. The van der Waals surface area contributed by atoms with E-state index in [1.807, 2.05) is 6.92 Å². The highest BCUT2D eigenvalue weighted by Crippen LogP contribution is 2.26. The highest BCUT2D eigenvalue weighted by molar-refractivity contribution is 5.95. The van der Waals surface area contributed by atoms with Crippen molar-refractivity contribution in [1.82, 2.24) is 9.88 Å². The first-order valence-electron chi connectivity index (χ1n) is 6.84. The molecule has 104 valence electrons. The molecule has 1 aliphatic carbocycles. The van der Waals surface area contributed by atoms with Gasteiger partial charge in [-0.3, -0.25) is 4.79 Å². The van der Waals surface area contributed by atoms with E-state index in [0.29, 0.717) is 17.9 Å². The van der Waals surface area contributed by atoms with Crippen LogP contribution < -0.4 is 5.73 Å². The number of carbonyl (C=O) groups is 1. The van der Waals surface area contributed by atoms with Gasteiger partial charge in [0.1, 0.15) is 5.82 Å². The van der Waals surface area contributed by atoms with Crippen molar-refractivity contribution in [3.05, 3.63) is 23.4 Å². The molecule has 2 rings (SSSR count). The summed E-state index contributed by atoms with van der Waals surface area (Å²) in [5.74, 6) is 0.322. The number of hydrogen-bond donors (Lipinski definition) is 2. The average molecular weight is 263 g/mol. The third-order valence-corrected chi connectivity index (χ3v) is 3.62. The molecule has 1 heterocycles. The quantitative estimate of drug-likeness (QED) is 0.837. The summed E-state index contributed by atoms with van der Waals surface area (Å²) < 4.78 is 0. The number of nitrogen functional groups attached to an aromatic ring is 1. The maximum absolute atomic E-state index is 12.5. The lowest BCUT2D eigenvalue weighted by molar-refractivity contribution is 0.0525. The van der Waals surface area contributed by atoms with E-state index in [1.165, 1.54) is 0 Å². The Morgan fingerprint density at radius 2 is 2.26 bits per heavy atom. The van der Waals surface area contributed by atoms with Gasteiger partial charge in [0.05, 0.1) is 6.61 Å². The number of aliphatic hydroxyl groups is 1. The monoisotopic (exact) mass is 263 g/mol. The van der Waals surface area contributed by atoms with Crippen LogP contribution in [0.15, 0.2) is 12.1 Å². The first-order valence-corrected chi connectivity index (χ1v) is 6.84. The van der Waals surface area contributed by atoms with E-state index in [-0.39, 0.29) is 18.6 Å². The van der Waals surface area contributed by atoms with Gasteiger partial charge in [0.15, 0.2) is 0 Å². The van der Waals surface area contributed by atoms with Gasteiger partial charge < -0.3 is 15.7 Å². The van der Waals surface area contributed by atoms with Crippen LogP contribution in [-0.4, -0.2) is 40.1 Å². The fourth-order valence-electron chi connectivity index (χ4n) is 2.34. The van der Waals surface area contributed by atoms with Crippen molar-refractivity contribution in [2.75, 3.05) is 18.9 Å². The summed E-state index contributed by atoms with van der Waals surface area (Å²) in [6, 6.07) is 3.67. The Morgan fingerprint density at radius 1 is 1.53 bits per heavy atom. The van der Waals surface area contributed by atoms with Gasteiger partial charge >= 0.3 is 0 Å². The summed E-state index contributed by atoms with van der Waals surface area (Å²) in [7, 11) is 0. The summed E-state index contributed by atoms with van der Waals surface area (Å²) in [4.78, 5) is 18.5. The average Bonchev–Trinajstić information content (AvgIpc) is 2.34. The molecule has 1 aromatic rings. The third kappa shape index (κ3) is 3.04. The largest absolute Gasteiger partial charge is 0.395 e. The minimum atomic E-state index is -0.0532. The standard InChI is InChI=1S/C14H21N3O2/c1-2-11-8-10(9-13(15)16-11)14(19)17(6-7-18)12-4-3-5-12/h8-9,12,18H,2-7H2,1H3,(H2,15,16). The summed E-state index contributed by atoms with van der Waals surface area (Å²) in [5.41, 5.74) is 7.13. The normalized spacial score (nSPS) is 15.1. The summed E-state index contributed by atoms with van der Waals surface area (Å²) in [6.45, 7) is 2.35. The molecule has 19 heavy (non-hydrogen) atoms. The van der Waals surface area contributed by atoms with E-state index in [1.54, 1.807) is 17.0 Å². The second-order valence-electron chi connectivity index (χ2n) is 4.93. The first-order chi connectivity index (χ1) is 9.15. The van der Waals surface area contributed by atoms with Crippen LogP contribution in [0.3, 0.4) is 0 Å². The zero-order valence-electron chi connectivity index (χ0n) is 11.3. The van der Waals surface area contributed by atoms with Crippen molar-refractivity contribution >= 4 is 11.7 Å². The topological polar surface area (TPSA) is 79.5 Å². The number of aromatic nitrogens is 1. The predicted molar refractivity (Wildman–Crippen MR) is 73.8 cm³/mol. The highest BCUT2D eigenvalue weighted by Gasteiger charge is 2.29. The molecule has 1 saturated carbocycles. The molecule has 3 N–H and O–H groups in total. The number of rotatable bonds is 5. The summed E-state index contributed by atoms with van der Waals surface area (Å²) in [5, 5.41) is 9.13. The van der Waals surface area contributed by atoms with Crippen molar-refractivity contribution < 1.29 is 9.90 Å². The van der Waals surface area contributed by atoms with Crippen LogP contribution in [-0.2, 0) is 6.42 Å². The number of nitrogens with zero attached hydrogens (tertiary/aromatic N) is 2. The molecule has 5 heteroatoms. The second-order valence-corrected chi connectivity index (χ2v) is 4.93. The van der Waals surface area contributed by atoms with E-state index in [0.717, 1.165) is 31.4 Å². The van der Waals surface area contributed by atoms with Crippen molar-refractivity contribution in [2.45, 2.75) is 38.6 Å². The number of anilines is 1. The molecule has 0 aliphatic heterocycles. The fourth-order valence-corrected chi connectivity index (χ4v) is 2.34. The lowest BCUT2D eigenvalue weighted by Gasteiger charge is -2.37. The van der Waals surface area contributed by atoms with Gasteiger partial charge in [0.2, 0.25) is 0 Å². The number of carbonyl (C=O) groups excluding carboxylic acids is 1. The number of nitrogens with two attached hydrogens (primary N) is 1. The summed E-state index contributed by atoms with van der Waals surface area (Å²) >= 11 is 0. The second kappa shape index (κ2) is 6.02. The van der Waals surface area contributed by atoms with Crippen LogP contribution in [0.4, 0.5) is 5.82 Å². The lowest BCUT2D eigenvalue weighted by atomic mass is 9.91. The SMILES string of the molecule is CCc1cc(C(=O)N(CCO)C2CCC2)cc(N)n1. The van der Waals surface area contributed by atoms with Gasteiger partial charge in [0.25, 0.3) is 5.91 Å². The number of amides is 1. The van der Waals surface area contributed by atoms with Gasteiger partial charge in [-0.15, -0.1) is 0 Å². The molecule has 1 aliphatic rings. The lowest BCUT2D eigenvalue weighted by Crippen LogP contribution is -2.45. The summed E-state index contributed by atoms with van der Waals surface area (Å²) in [6.07, 6.45) is 3.94. The molecule has 0 saturated heterocycles. The van der Waals surface area contributed by atoms with Crippen molar-refractivity contribution in [3.8, 4) is 0 Å². The van der Waals surface area contributed by atoms with E-state index < -0.39 is 0 Å². The Labute approximate surface area is 113 Å². The van der Waals surface area contributed by atoms with E-state index in [4.69, 9.17) is 10.8 Å². The molecular weight excluding hydrogens is 242 g/mol. The maximum Gasteiger partial charge on any atom is 0.254 e. The third-order valence-electron chi connectivity index (χ3n) is 3.62. The van der Waals surface area contributed by atoms with Gasteiger partial charge in [0, 0.05) is 23.8 Å². The van der Waals surface area contributed by atoms with Crippen molar-refractivity contribution in [3.63, 3.8) is 0 Å². The van der Waals surface area contributed by atoms with Crippen LogP contribution >= 0.6 is 0 Å². The Balaban J connectivity index is 2.22. The molecule has 0 unspecified atom stereocenters. The highest BCUT2D eigenvalue weighted by atomic mass is 16.3. The molecule has 0 atom stereocenters. The molecule has 0 radical (unpaired) electrons. The maximum atomic E-state index is 12.5. The van der Waals surface area contributed by atoms with E-state index in [2.05, 4.69) is 4.98 Å². The molecule has 1 aromatic heterocycles. The fraction of sp³-hybridized carbons (Fsp3) is 0.571. The Bertz CT molecular complexity index is 458. The Hall–Kier alpha value is -1.62. The Morgan fingerprint density at radius 3 is 2.79 bits per heavy atom. The zero-order valence-corrected chi connectivity index (χ0v) is 11.3. The van der Waals surface area contributed by atoms with E-state index >= 15 is 0 Å². The van der Waals surface area contributed by atoms with Gasteiger partial charge in [-0.05, 0) is 37.8 Å². The molecule has 0 spiro atoms. The van der Waals surface area contributed by atoms with Gasteiger partial charge in [-0.1, -0.05) is 6.92 Å². The molecule has 0 bridgehead atoms. The van der Waals surface area contributed by atoms with E-state index in [9.17, 15) is 4.79 Å². The van der Waals surface area contributed by atoms with Crippen LogP contribution in [0, 0.1) is 0 Å². The molecule has 1 amide bonds. The number of hydrogen-bond acceptors (Lipinski definition) is 4. The predicted octanol–water partition coefficient (Wildman–Crippen LogP) is 1.21. The smallest absolute Gasteiger partial charge is 0.254 e. The minimum absolute atomic E-state index is 0.0105. The Kier molecular flexibility index (Phi) is 4.37.